The van der Waals surface area contributed by atoms with Gasteiger partial charge in [0.25, 0.3) is 0 Å². The fourth-order valence-electron chi connectivity index (χ4n) is 1.96. The number of carbonyl (C=O) groups excluding carboxylic acids is 3. The largest absolute Gasteiger partial charge is 0.350 e. The lowest BCUT2D eigenvalue weighted by molar-refractivity contribution is -0.128. The molecule has 0 saturated carbocycles. The Labute approximate surface area is 107 Å². The summed E-state index contributed by atoms with van der Waals surface area (Å²) in [5.74, 6) is -0.393. The maximum absolute atomic E-state index is 11.7. The van der Waals surface area contributed by atoms with Crippen molar-refractivity contribution in [2.45, 2.75) is 39.8 Å². The number of amides is 3. The summed E-state index contributed by atoms with van der Waals surface area (Å²) < 4.78 is 0. The lowest BCUT2D eigenvalue weighted by Gasteiger charge is -2.21. The van der Waals surface area contributed by atoms with Crippen molar-refractivity contribution in [1.82, 2.24) is 15.5 Å². The third-order valence-corrected chi connectivity index (χ3v) is 3.01. The van der Waals surface area contributed by atoms with Crippen LogP contribution in [0.5, 0.6) is 0 Å². The molecule has 2 N–H and O–H groups in total. The Bertz CT molecular complexity index is 354. The Balaban J connectivity index is 2.69. The molecule has 0 aromatic carbocycles. The van der Waals surface area contributed by atoms with Crippen LogP contribution in [0, 0.1) is 5.92 Å². The summed E-state index contributed by atoms with van der Waals surface area (Å²) in [5.41, 5.74) is 0. The topological polar surface area (TPSA) is 78.5 Å². The van der Waals surface area contributed by atoms with E-state index in [1.165, 1.54) is 13.8 Å². The van der Waals surface area contributed by atoms with Gasteiger partial charge < -0.3 is 15.5 Å². The van der Waals surface area contributed by atoms with Crippen molar-refractivity contribution in [3.8, 4) is 0 Å². The van der Waals surface area contributed by atoms with E-state index in [9.17, 15) is 14.4 Å². The molecule has 2 unspecified atom stereocenters. The molecule has 1 saturated heterocycles. The van der Waals surface area contributed by atoms with Crippen molar-refractivity contribution in [1.29, 1.82) is 0 Å². The minimum atomic E-state index is -0.215. The summed E-state index contributed by atoms with van der Waals surface area (Å²) in [6.45, 7) is 7.41. The predicted octanol–water partition coefficient (Wildman–Crippen LogP) is -0.506. The van der Waals surface area contributed by atoms with E-state index in [2.05, 4.69) is 10.6 Å². The van der Waals surface area contributed by atoms with Crippen LogP contribution in [0.25, 0.3) is 0 Å². The van der Waals surface area contributed by atoms with E-state index in [4.69, 9.17) is 0 Å². The zero-order valence-corrected chi connectivity index (χ0v) is 11.3. The van der Waals surface area contributed by atoms with Crippen molar-refractivity contribution in [2.75, 3.05) is 13.1 Å². The molecule has 1 heterocycles. The molecule has 1 fully saturated rings. The predicted molar refractivity (Wildman–Crippen MR) is 66.6 cm³/mol. The zero-order chi connectivity index (χ0) is 13.9. The molecule has 6 heteroatoms. The summed E-state index contributed by atoms with van der Waals surface area (Å²) in [6.07, 6.45) is 0. The molecular formula is C12H21N3O3. The Morgan fingerprint density at radius 2 is 1.56 bits per heavy atom. The minimum Gasteiger partial charge on any atom is -0.350 e. The number of carbonyl (C=O) groups is 3. The Hall–Kier alpha value is -1.59. The maximum atomic E-state index is 11.7. The fourth-order valence-corrected chi connectivity index (χ4v) is 1.96. The first-order valence-electron chi connectivity index (χ1n) is 6.14. The molecule has 0 radical (unpaired) electrons. The summed E-state index contributed by atoms with van der Waals surface area (Å²) in [7, 11) is 0. The van der Waals surface area contributed by atoms with Gasteiger partial charge >= 0.3 is 0 Å². The summed E-state index contributed by atoms with van der Waals surface area (Å²) in [5, 5.41) is 5.64. The van der Waals surface area contributed by atoms with Gasteiger partial charge in [0.1, 0.15) is 0 Å². The van der Waals surface area contributed by atoms with Crippen LogP contribution in [0.2, 0.25) is 0 Å². The van der Waals surface area contributed by atoms with Gasteiger partial charge in [-0.3, -0.25) is 14.4 Å². The fraction of sp³-hybridized carbons (Fsp3) is 0.750. The second kappa shape index (κ2) is 5.84. The van der Waals surface area contributed by atoms with Gasteiger partial charge in [0, 0.05) is 32.9 Å². The van der Waals surface area contributed by atoms with E-state index < -0.39 is 0 Å². The van der Waals surface area contributed by atoms with Gasteiger partial charge in [0.2, 0.25) is 17.7 Å². The van der Waals surface area contributed by atoms with Crippen molar-refractivity contribution in [3.63, 3.8) is 0 Å². The molecule has 0 aromatic heterocycles. The van der Waals surface area contributed by atoms with Crippen molar-refractivity contribution in [2.24, 2.45) is 5.92 Å². The van der Waals surface area contributed by atoms with Crippen molar-refractivity contribution >= 4 is 17.7 Å². The van der Waals surface area contributed by atoms with Gasteiger partial charge in [0.15, 0.2) is 0 Å². The van der Waals surface area contributed by atoms with Gasteiger partial charge in [0.05, 0.1) is 12.1 Å². The lowest BCUT2D eigenvalue weighted by atomic mass is 10.1. The summed E-state index contributed by atoms with van der Waals surface area (Å²) in [6, 6.07) is -0.429. The van der Waals surface area contributed by atoms with Crippen molar-refractivity contribution in [3.05, 3.63) is 0 Å². The molecule has 0 aromatic rings. The molecule has 1 aliphatic heterocycles. The molecule has 1 aliphatic rings. The first-order chi connectivity index (χ1) is 8.31. The molecule has 18 heavy (non-hydrogen) atoms. The molecule has 102 valence electrons. The SMILES string of the molecule is CC(=O)NC1CN(C(C)=O)CC1NC(=O)C(C)C. The van der Waals surface area contributed by atoms with Crippen LogP contribution in [0.3, 0.4) is 0 Å². The highest BCUT2D eigenvalue weighted by molar-refractivity contribution is 5.79. The molecular weight excluding hydrogens is 234 g/mol. The molecule has 2 atom stereocenters. The van der Waals surface area contributed by atoms with E-state index in [1.54, 1.807) is 18.7 Å². The van der Waals surface area contributed by atoms with Crippen LogP contribution in [0.1, 0.15) is 27.7 Å². The molecule has 0 bridgehead atoms. The van der Waals surface area contributed by atoms with Gasteiger partial charge in [-0.2, -0.15) is 0 Å². The first-order valence-corrected chi connectivity index (χ1v) is 6.14. The number of hydrogen-bond acceptors (Lipinski definition) is 3. The molecule has 0 spiro atoms. The van der Waals surface area contributed by atoms with E-state index >= 15 is 0 Å². The normalized spacial score (nSPS) is 23.1. The molecule has 0 aliphatic carbocycles. The molecule has 1 rings (SSSR count). The van der Waals surface area contributed by atoms with E-state index in [0.717, 1.165) is 0 Å². The van der Waals surface area contributed by atoms with E-state index in [0.29, 0.717) is 13.1 Å². The van der Waals surface area contributed by atoms with Gasteiger partial charge in [-0.05, 0) is 0 Å². The van der Waals surface area contributed by atoms with Crippen LogP contribution in [0.15, 0.2) is 0 Å². The quantitative estimate of drug-likeness (QED) is 0.713. The minimum absolute atomic E-state index is 0.0494. The van der Waals surface area contributed by atoms with Gasteiger partial charge in [-0.15, -0.1) is 0 Å². The van der Waals surface area contributed by atoms with Crippen LogP contribution < -0.4 is 10.6 Å². The second-order valence-corrected chi connectivity index (χ2v) is 5.00. The number of nitrogens with zero attached hydrogens (tertiary/aromatic N) is 1. The smallest absolute Gasteiger partial charge is 0.222 e. The van der Waals surface area contributed by atoms with Gasteiger partial charge in [-0.25, -0.2) is 0 Å². The third kappa shape index (κ3) is 3.72. The molecule has 6 nitrogen and oxygen atoms in total. The summed E-state index contributed by atoms with van der Waals surface area (Å²) >= 11 is 0. The highest BCUT2D eigenvalue weighted by Crippen LogP contribution is 2.11. The number of likely N-dealkylation sites (tertiary alicyclic amines) is 1. The zero-order valence-electron chi connectivity index (χ0n) is 11.3. The average molecular weight is 255 g/mol. The Morgan fingerprint density at radius 1 is 1.06 bits per heavy atom. The Morgan fingerprint density at radius 3 is 1.94 bits per heavy atom. The number of rotatable bonds is 3. The van der Waals surface area contributed by atoms with Crippen LogP contribution in [0.4, 0.5) is 0 Å². The average Bonchev–Trinajstić information content (AvgIpc) is 2.60. The first kappa shape index (κ1) is 14.5. The standard InChI is InChI=1S/C12H21N3O3/c1-7(2)12(18)14-11-6-15(9(4)17)5-10(11)13-8(3)16/h7,10-11H,5-6H2,1-4H3,(H,13,16)(H,14,18). The Kier molecular flexibility index (Phi) is 4.69. The lowest BCUT2D eigenvalue weighted by Crippen LogP contribution is -2.51. The van der Waals surface area contributed by atoms with E-state index in [1.807, 2.05) is 0 Å². The van der Waals surface area contributed by atoms with E-state index in [-0.39, 0.29) is 35.7 Å². The third-order valence-electron chi connectivity index (χ3n) is 3.01. The number of nitrogens with one attached hydrogen (secondary N) is 2. The highest BCUT2D eigenvalue weighted by atomic mass is 16.2. The highest BCUT2D eigenvalue weighted by Gasteiger charge is 2.35. The number of hydrogen-bond donors (Lipinski definition) is 2. The van der Waals surface area contributed by atoms with Crippen LogP contribution in [-0.4, -0.2) is 47.8 Å². The van der Waals surface area contributed by atoms with Crippen molar-refractivity contribution < 1.29 is 14.4 Å². The monoisotopic (exact) mass is 255 g/mol. The maximum Gasteiger partial charge on any atom is 0.222 e. The molecule has 3 amide bonds. The van der Waals surface area contributed by atoms with Gasteiger partial charge in [-0.1, -0.05) is 13.8 Å². The van der Waals surface area contributed by atoms with Crippen LogP contribution >= 0.6 is 0 Å². The second-order valence-electron chi connectivity index (χ2n) is 5.00. The van der Waals surface area contributed by atoms with Crippen LogP contribution in [-0.2, 0) is 14.4 Å². The summed E-state index contributed by atoms with van der Waals surface area (Å²) in [4.78, 5) is 35.8.